The van der Waals surface area contributed by atoms with Gasteiger partial charge < -0.3 is 5.11 Å². The number of nitrogens with zero attached hydrogens (tertiary/aromatic N) is 2. The normalized spacial score (nSPS) is 10.9. The first-order valence-electron chi connectivity index (χ1n) is 6.09. The Hall–Kier alpha value is -1.45. The van der Waals surface area contributed by atoms with Crippen LogP contribution in [0.25, 0.3) is 0 Å². The first-order chi connectivity index (χ1) is 7.99. The van der Waals surface area contributed by atoms with Crippen molar-refractivity contribution in [2.24, 2.45) is 0 Å². The molecule has 0 radical (unpaired) electrons. The highest BCUT2D eigenvalue weighted by molar-refractivity contribution is 5.71. The van der Waals surface area contributed by atoms with Gasteiger partial charge in [0.05, 0.1) is 6.42 Å². The van der Waals surface area contributed by atoms with Crippen molar-refractivity contribution >= 4 is 5.97 Å². The number of aliphatic carboxylic acids is 1. The van der Waals surface area contributed by atoms with E-state index in [1.54, 1.807) is 0 Å². The van der Waals surface area contributed by atoms with Crippen LogP contribution < -0.4 is 0 Å². The van der Waals surface area contributed by atoms with E-state index in [1.165, 1.54) is 0 Å². The van der Waals surface area contributed by atoms with Crippen LogP contribution >= 0.6 is 0 Å². The van der Waals surface area contributed by atoms with Gasteiger partial charge in [0, 0.05) is 22.9 Å². The molecular formula is C13H20N2O2. The molecule has 94 valence electrons. The lowest BCUT2D eigenvalue weighted by Gasteiger charge is -2.14. The third-order valence-electron chi connectivity index (χ3n) is 2.71. The van der Waals surface area contributed by atoms with Gasteiger partial charge >= 0.3 is 5.97 Å². The fraction of sp³-hybridized carbons (Fsp3) is 0.615. The minimum Gasteiger partial charge on any atom is -0.481 e. The topological polar surface area (TPSA) is 63.1 Å². The van der Waals surface area contributed by atoms with E-state index < -0.39 is 5.97 Å². The Bertz CT molecular complexity index is 389. The zero-order valence-corrected chi connectivity index (χ0v) is 10.9. The van der Waals surface area contributed by atoms with Crippen molar-refractivity contribution in [3.63, 3.8) is 0 Å². The van der Waals surface area contributed by atoms with E-state index in [0.29, 0.717) is 0 Å². The van der Waals surface area contributed by atoms with E-state index in [1.807, 2.05) is 27.7 Å². The minimum atomic E-state index is -0.824. The average molecular weight is 236 g/mol. The van der Waals surface area contributed by atoms with Gasteiger partial charge in [-0.1, -0.05) is 27.7 Å². The van der Waals surface area contributed by atoms with Crippen molar-refractivity contribution in [3.05, 3.63) is 22.8 Å². The summed E-state index contributed by atoms with van der Waals surface area (Å²) in [5.41, 5.74) is 2.55. The standard InChI is InChI=1S/C13H20N2O2/c1-5-10-9(7-12(16)17)11(6-2)15-13(14-10)8(3)4/h8H,5-7H2,1-4H3,(H,16,17). The molecule has 1 heterocycles. The van der Waals surface area contributed by atoms with E-state index in [0.717, 1.165) is 35.6 Å². The fourth-order valence-electron chi connectivity index (χ4n) is 1.80. The molecule has 4 heteroatoms. The maximum absolute atomic E-state index is 10.9. The Balaban J connectivity index is 3.30. The summed E-state index contributed by atoms with van der Waals surface area (Å²) in [4.78, 5) is 19.8. The van der Waals surface area contributed by atoms with E-state index in [4.69, 9.17) is 5.11 Å². The van der Waals surface area contributed by atoms with Crippen LogP contribution in [0.4, 0.5) is 0 Å². The molecule has 0 aliphatic carbocycles. The summed E-state index contributed by atoms with van der Waals surface area (Å²) in [5.74, 6) is 0.257. The number of hydrogen-bond donors (Lipinski definition) is 1. The Morgan fingerprint density at radius 1 is 1.18 bits per heavy atom. The Kier molecular flexibility index (Phi) is 4.61. The third kappa shape index (κ3) is 3.25. The molecule has 0 aliphatic rings. The van der Waals surface area contributed by atoms with Crippen LogP contribution in [0.2, 0.25) is 0 Å². The van der Waals surface area contributed by atoms with Gasteiger partial charge in [-0.2, -0.15) is 0 Å². The second-order valence-electron chi connectivity index (χ2n) is 4.39. The Morgan fingerprint density at radius 3 is 1.94 bits per heavy atom. The highest BCUT2D eigenvalue weighted by Crippen LogP contribution is 2.18. The lowest BCUT2D eigenvalue weighted by Crippen LogP contribution is -2.13. The van der Waals surface area contributed by atoms with Gasteiger partial charge in [-0.25, -0.2) is 9.97 Å². The zero-order valence-electron chi connectivity index (χ0n) is 10.9. The van der Waals surface area contributed by atoms with Crippen LogP contribution in [-0.2, 0) is 24.1 Å². The van der Waals surface area contributed by atoms with E-state index in [-0.39, 0.29) is 12.3 Å². The molecule has 1 aromatic rings. The van der Waals surface area contributed by atoms with Gasteiger partial charge in [-0.3, -0.25) is 4.79 Å². The lowest BCUT2D eigenvalue weighted by molar-refractivity contribution is -0.136. The van der Waals surface area contributed by atoms with Crippen LogP contribution in [0, 0.1) is 0 Å². The van der Waals surface area contributed by atoms with Gasteiger partial charge in [0.25, 0.3) is 0 Å². The number of carbonyl (C=O) groups is 1. The van der Waals surface area contributed by atoms with Crippen molar-refractivity contribution in [2.75, 3.05) is 0 Å². The number of aromatic nitrogens is 2. The second-order valence-corrected chi connectivity index (χ2v) is 4.39. The molecule has 1 aromatic heterocycles. The quantitative estimate of drug-likeness (QED) is 0.852. The monoisotopic (exact) mass is 236 g/mol. The van der Waals surface area contributed by atoms with Crippen molar-refractivity contribution in [1.82, 2.24) is 9.97 Å². The number of carboxylic acids is 1. The molecule has 0 spiro atoms. The molecule has 1 rings (SSSR count). The van der Waals surface area contributed by atoms with Crippen LogP contribution in [-0.4, -0.2) is 21.0 Å². The molecule has 0 amide bonds. The summed E-state index contributed by atoms with van der Waals surface area (Å²) in [5, 5.41) is 8.93. The van der Waals surface area contributed by atoms with Gasteiger partial charge in [-0.05, 0) is 12.8 Å². The van der Waals surface area contributed by atoms with Crippen molar-refractivity contribution < 1.29 is 9.90 Å². The van der Waals surface area contributed by atoms with Gasteiger partial charge in [0.15, 0.2) is 0 Å². The summed E-state index contributed by atoms with van der Waals surface area (Å²) in [6.45, 7) is 8.09. The maximum Gasteiger partial charge on any atom is 0.307 e. The smallest absolute Gasteiger partial charge is 0.307 e. The SMILES string of the molecule is CCc1nc(C(C)C)nc(CC)c1CC(=O)O. The highest BCUT2D eigenvalue weighted by atomic mass is 16.4. The molecule has 0 bridgehead atoms. The molecule has 0 atom stereocenters. The highest BCUT2D eigenvalue weighted by Gasteiger charge is 2.16. The number of carboxylic acid groups (broad SMARTS) is 1. The molecule has 0 fully saturated rings. The predicted molar refractivity (Wildman–Crippen MR) is 66.2 cm³/mol. The molecule has 0 aliphatic heterocycles. The number of rotatable bonds is 5. The first-order valence-corrected chi connectivity index (χ1v) is 6.09. The predicted octanol–water partition coefficient (Wildman–Crippen LogP) is 2.35. The van der Waals surface area contributed by atoms with Crippen LogP contribution in [0.3, 0.4) is 0 Å². The second kappa shape index (κ2) is 5.75. The van der Waals surface area contributed by atoms with E-state index in [2.05, 4.69) is 9.97 Å². The van der Waals surface area contributed by atoms with Crippen molar-refractivity contribution in [2.45, 2.75) is 52.9 Å². The summed E-state index contributed by atoms with van der Waals surface area (Å²) < 4.78 is 0. The van der Waals surface area contributed by atoms with Gasteiger partial charge in [-0.15, -0.1) is 0 Å². The molecule has 1 N–H and O–H groups in total. The Labute approximate surface area is 102 Å². The largest absolute Gasteiger partial charge is 0.481 e. The molecule has 4 nitrogen and oxygen atoms in total. The van der Waals surface area contributed by atoms with Crippen LogP contribution in [0.5, 0.6) is 0 Å². The van der Waals surface area contributed by atoms with Crippen molar-refractivity contribution in [3.8, 4) is 0 Å². The molecular weight excluding hydrogens is 216 g/mol. The van der Waals surface area contributed by atoms with Crippen LogP contribution in [0.1, 0.15) is 56.4 Å². The fourth-order valence-corrected chi connectivity index (χ4v) is 1.80. The van der Waals surface area contributed by atoms with E-state index >= 15 is 0 Å². The summed E-state index contributed by atoms with van der Waals surface area (Å²) in [7, 11) is 0. The maximum atomic E-state index is 10.9. The number of aryl methyl sites for hydroxylation is 2. The summed E-state index contributed by atoms with van der Waals surface area (Å²) in [6, 6.07) is 0. The summed E-state index contributed by atoms with van der Waals surface area (Å²) in [6.07, 6.45) is 1.51. The zero-order chi connectivity index (χ0) is 13.0. The third-order valence-corrected chi connectivity index (χ3v) is 2.71. The van der Waals surface area contributed by atoms with Gasteiger partial charge in [0.1, 0.15) is 5.82 Å². The van der Waals surface area contributed by atoms with Gasteiger partial charge in [0.2, 0.25) is 0 Å². The molecule has 0 aromatic carbocycles. The minimum absolute atomic E-state index is 0.0186. The van der Waals surface area contributed by atoms with E-state index in [9.17, 15) is 4.79 Å². The number of hydrogen-bond acceptors (Lipinski definition) is 3. The lowest BCUT2D eigenvalue weighted by atomic mass is 10.0. The van der Waals surface area contributed by atoms with Crippen molar-refractivity contribution in [1.29, 1.82) is 0 Å². The Morgan fingerprint density at radius 2 is 1.65 bits per heavy atom. The molecule has 0 saturated carbocycles. The first kappa shape index (κ1) is 13.6. The summed E-state index contributed by atoms with van der Waals surface area (Å²) >= 11 is 0. The van der Waals surface area contributed by atoms with Crippen LogP contribution in [0.15, 0.2) is 0 Å². The average Bonchev–Trinajstić information content (AvgIpc) is 2.28. The molecule has 0 saturated heterocycles. The molecule has 17 heavy (non-hydrogen) atoms. The molecule has 0 unspecified atom stereocenters.